The third-order valence-electron chi connectivity index (χ3n) is 4.05. The molecule has 3 rings (SSSR count). The van der Waals surface area contributed by atoms with E-state index in [2.05, 4.69) is 16.0 Å². The number of nitrogens with zero attached hydrogens (tertiary/aromatic N) is 4. The molecule has 1 fully saturated rings. The number of rotatable bonds is 1. The van der Waals surface area contributed by atoms with Gasteiger partial charge < -0.3 is 4.90 Å². The summed E-state index contributed by atoms with van der Waals surface area (Å²) in [6.07, 6.45) is 0. The molecule has 0 radical (unpaired) electrons. The lowest BCUT2D eigenvalue weighted by molar-refractivity contribution is 0.154. The predicted octanol–water partition coefficient (Wildman–Crippen LogP) is 1.21. The van der Waals surface area contributed by atoms with Crippen molar-refractivity contribution in [1.82, 2.24) is 9.80 Å². The molecule has 0 aliphatic carbocycles. The van der Waals surface area contributed by atoms with Crippen LogP contribution in [0.5, 0.6) is 0 Å². The SMILES string of the molecule is CC1=C(c2ccccc2)N2CCN(C)C2(N)C(C#N)=N1. The van der Waals surface area contributed by atoms with Gasteiger partial charge in [-0.25, -0.2) is 4.99 Å². The van der Waals surface area contributed by atoms with Crippen LogP contribution in [0.15, 0.2) is 41.0 Å². The summed E-state index contributed by atoms with van der Waals surface area (Å²) in [7, 11) is 1.93. The highest BCUT2D eigenvalue weighted by Crippen LogP contribution is 2.37. The predicted molar refractivity (Wildman–Crippen MR) is 78.3 cm³/mol. The van der Waals surface area contributed by atoms with Crippen molar-refractivity contribution in [2.45, 2.75) is 12.7 Å². The summed E-state index contributed by atoms with van der Waals surface area (Å²) in [5.41, 5.74) is 9.80. The molecular formula is C15H17N5. The normalized spacial score (nSPS) is 26.3. The smallest absolute Gasteiger partial charge is 0.201 e. The van der Waals surface area contributed by atoms with Crippen molar-refractivity contribution in [2.75, 3.05) is 20.1 Å². The van der Waals surface area contributed by atoms with Gasteiger partial charge in [-0.3, -0.25) is 10.6 Å². The van der Waals surface area contributed by atoms with Gasteiger partial charge in [0.15, 0.2) is 5.71 Å². The highest BCUT2D eigenvalue weighted by atomic mass is 15.5. The maximum atomic E-state index is 9.36. The van der Waals surface area contributed by atoms with Crippen molar-refractivity contribution in [2.24, 2.45) is 10.7 Å². The van der Waals surface area contributed by atoms with Gasteiger partial charge in [-0.05, 0) is 19.5 Å². The number of aliphatic imine (C=N–C) groups is 1. The lowest BCUT2D eigenvalue weighted by Crippen LogP contribution is -2.65. The van der Waals surface area contributed by atoms with Crippen molar-refractivity contribution >= 4 is 11.4 Å². The van der Waals surface area contributed by atoms with E-state index in [-0.39, 0.29) is 0 Å². The van der Waals surface area contributed by atoms with Crippen LogP contribution >= 0.6 is 0 Å². The molecule has 0 amide bonds. The molecule has 1 aromatic rings. The van der Waals surface area contributed by atoms with Gasteiger partial charge in [0.2, 0.25) is 5.79 Å². The molecule has 5 heteroatoms. The second kappa shape index (κ2) is 4.44. The first-order valence-electron chi connectivity index (χ1n) is 6.62. The van der Waals surface area contributed by atoms with Crippen LogP contribution in [0.1, 0.15) is 12.5 Å². The summed E-state index contributed by atoms with van der Waals surface area (Å²) < 4.78 is 0. The molecular weight excluding hydrogens is 250 g/mol. The second-order valence-corrected chi connectivity index (χ2v) is 5.17. The zero-order valence-electron chi connectivity index (χ0n) is 11.7. The summed E-state index contributed by atoms with van der Waals surface area (Å²) in [5.74, 6) is -0.931. The summed E-state index contributed by atoms with van der Waals surface area (Å²) in [4.78, 5) is 8.51. The van der Waals surface area contributed by atoms with Crippen LogP contribution < -0.4 is 5.73 Å². The molecule has 2 aliphatic heterocycles. The van der Waals surface area contributed by atoms with Crippen LogP contribution in [-0.2, 0) is 0 Å². The Morgan fingerprint density at radius 1 is 1.30 bits per heavy atom. The second-order valence-electron chi connectivity index (χ2n) is 5.17. The molecule has 0 aromatic heterocycles. The number of fused-ring (bicyclic) bond motifs is 1. The van der Waals surface area contributed by atoms with Gasteiger partial charge in [0.25, 0.3) is 0 Å². The number of likely N-dealkylation sites (N-methyl/N-ethyl adjacent to an activating group) is 1. The number of nitrogens with two attached hydrogens (primary N) is 1. The van der Waals surface area contributed by atoms with Gasteiger partial charge in [-0.2, -0.15) is 5.26 Å². The fourth-order valence-corrected chi connectivity index (χ4v) is 2.95. The largest absolute Gasteiger partial charge is 0.332 e. The molecule has 0 saturated carbocycles. The van der Waals surface area contributed by atoms with E-state index in [0.29, 0.717) is 5.71 Å². The van der Waals surface area contributed by atoms with E-state index in [4.69, 9.17) is 5.73 Å². The topological polar surface area (TPSA) is 68.7 Å². The molecule has 102 valence electrons. The Balaban J connectivity index is 2.20. The van der Waals surface area contributed by atoms with E-state index < -0.39 is 5.79 Å². The fraction of sp³-hybridized carbons (Fsp3) is 0.333. The van der Waals surface area contributed by atoms with E-state index in [0.717, 1.165) is 30.0 Å². The van der Waals surface area contributed by atoms with E-state index in [9.17, 15) is 5.26 Å². The van der Waals surface area contributed by atoms with Gasteiger partial charge in [0.05, 0.1) is 11.4 Å². The molecule has 1 aromatic carbocycles. The van der Waals surface area contributed by atoms with Crippen molar-refractivity contribution in [3.63, 3.8) is 0 Å². The molecule has 0 spiro atoms. The Kier molecular flexibility index (Phi) is 2.85. The van der Waals surface area contributed by atoms with Crippen molar-refractivity contribution < 1.29 is 0 Å². The molecule has 5 nitrogen and oxygen atoms in total. The number of hydrogen-bond donors (Lipinski definition) is 1. The first-order chi connectivity index (χ1) is 9.59. The molecule has 20 heavy (non-hydrogen) atoms. The molecule has 2 aliphatic rings. The monoisotopic (exact) mass is 267 g/mol. The highest BCUT2D eigenvalue weighted by molar-refractivity contribution is 6.08. The summed E-state index contributed by atoms with van der Waals surface area (Å²) in [6, 6.07) is 12.2. The van der Waals surface area contributed by atoms with Crippen molar-refractivity contribution in [1.29, 1.82) is 5.26 Å². The first-order valence-corrected chi connectivity index (χ1v) is 6.62. The Hall–Kier alpha value is -2.16. The van der Waals surface area contributed by atoms with Crippen molar-refractivity contribution in [3.8, 4) is 6.07 Å². The molecule has 1 atom stereocenters. The average molecular weight is 267 g/mol. The molecule has 1 saturated heterocycles. The number of nitriles is 1. The Bertz CT molecular complexity index is 640. The highest BCUT2D eigenvalue weighted by Gasteiger charge is 2.50. The van der Waals surface area contributed by atoms with E-state index in [1.165, 1.54) is 0 Å². The lowest BCUT2D eigenvalue weighted by atomic mass is 10.0. The molecule has 0 bridgehead atoms. The maximum absolute atomic E-state index is 9.36. The van der Waals surface area contributed by atoms with Gasteiger partial charge in [0, 0.05) is 13.1 Å². The number of hydrogen-bond acceptors (Lipinski definition) is 5. The van der Waals surface area contributed by atoms with E-state index in [1.54, 1.807) is 0 Å². The van der Waals surface area contributed by atoms with Crippen LogP contribution in [0.4, 0.5) is 0 Å². The zero-order valence-corrected chi connectivity index (χ0v) is 11.7. The molecule has 2 heterocycles. The summed E-state index contributed by atoms with van der Waals surface area (Å²) >= 11 is 0. The standard InChI is InChI=1S/C15H17N5/c1-11-14(12-6-4-3-5-7-12)20-9-8-19(2)15(20,17)13(10-16)18-11/h3-7H,8-9,17H2,1-2H3. The summed E-state index contributed by atoms with van der Waals surface area (Å²) in [5, 5.41) is 9.36. The number of allylic oxidation sites excluding steroid dienone is 1. The zero-order chi connectivity index (χ0) is 14.3. The Morgan fingerprint density at radius 3 is 2.65 bits per heavy atom. The van der Waals surface area contributed by atoms with Crippen LogP contribution in [0.2, 0.25) is 0 Å². The third kappa shape index (κ3) is 1.59. The minimum atomic E-state index is -0.931. The van der Waals surface area contributed by atoms with Crippen LogP contribution in [0, 0.1) is 11.3 Å². The third-order valence-corrected chi connectivity index (χ3v) is 4.05. The van der Waals surface area contributed by atoms with Gasteiger partial charge in [0.1, 0.15) is 6.07 Å². The van der Waals surface area contributed by atoms with Gasteiger partial charge in [-0.15, -0.1) is 0 Å². The quantitative estimate of drug-likeness (QED) is 0.830. The summed E-state index contributed by atoms with van der Waals surface area (Å²) in [6.45, 7) is 3.52. The van der Waals surface area contributed by atoms with Crippen LogP contribution in [0.3, 0.4) is 0 Å². The maximum Gasteiger partial charge on any atom is 0.201 e. The molecule has 2 N–H and O–H groups in total. The van der Waals surface area contributed by atoms with E-state index >= 15 is 0 Å². The minimum absolute atomic E-state index is 0.356. The van der Waals surface area contributed by atoms with Gasteiger partial charge in [-0.1, -0.05) is 30.3 Å². The first kappa shape index (κ1) is 12.9. The number of benzene rings is 1. The lowest BCUT2D eigenvalue weighted by Gasteiger charge is -2.42. The van der Waals surface area contributed by atoms with Crippen molar-refractivity contribution in [3.05, 3.63) is 41.6 Å². The molecule has 1 unspecified atom stereocenters. The van der Waals surface area contributed by atoms with E-state index in [1.807, 2.05) is 49.2 Å². The minimum Gasteiger partial charge on any atom is -0.332 e. The Morgan fingerprint density at radius 2 is 2.00 bits per heavy atom. The van der Waals surface area contributed by atoms with Gasteiger partial charge >= 0.3 is 0 Å². The average Bonchev–Trinajstić information content (AvgIpc) is 2.76. The Labute approximate surface area is 118 Å². The van der Waals surface area contributed by atoms with Crippen LogP contribution in [-0.4, -0.2) is 41.4 Å². The fourth-order valence-electron chi connectivity index (χ4n) is 2.95. The van der Waals surface area contributed by atoms with Crippen LogP contribution in [0.25, 0.3) is 5.70 Å².